The molecule has 6 heteroatoms. The van der Waals surface area contributed by atoms with E-state index in [9.17, 15) is 9.59 Å². The lowest BCUT2D eigenvalue weighted by Crippen LogP contribution is -2.64. The quantitative estimate of drug-likeness (QED) is 0.260. The van der Waals surface area contributed by atoms with Crippen LogP contribution in [-0.2, 0) is 23.4 Å². The number of ether oxygens (including phenoxy) is 1. The summed E-state index contributed by atoms with van der Waals surface area (Å²) < 4.78 is 8.05. The highest BCUT2D eigenvalue weighted by Gasteiger charge is 2.53. The number of carbonyl (C=O) groups is 2. The summed E-state index contributed by atoms with van der Waals surface area (Å²) in [6.45, 7) is 5.13. The number of para-hydroxylation sites is 1. The monoisotopic (exact) mass is 563 g/mol. The Bertz CT molecular complexity index is 1570. The predicted molar refractivity (Wildman–Crippen MR) is 167 cm³/mol. The summed E-state index contributed by atoms with van der Waals surface area (Å²) in [6, 6.07) is 26.0. The number of aryl methyl sites for hydroxylation is 1. The Morgan fingerprint density at radius 1 is 0.929 bits per heavy atom. The van der Waals surface area contributed by atoms with Crippen LogP contribution >= 0.6 is 0 Å². The van der Waals surface area contributed by atoms with Crippen molar-refractivity contribution < 1.29 is 14.3 Å². The molecule has 0 bridgehead atoms. The Morgan fingerprint density at radius 3 is 2.40 bits per heavy atom. The van der Waals surface area contributed by atoms with Crippen LogP contribution < -0.4 is 10.1 Å². The predicted octanol–water partition coefficient (Wildman–Crippen LogP) is 7.13. The van der Waals surface area contributed by atoms with Crippen LogP contribution in [0.3, 0.4) is 0 Å². The molecule has 4 aromatic rings. The van der Waals surface area contributed by atoms with Crippen molar-refractivity contribution in [2.24, 2.45) is 0 Å². The molecule has 6 nitrogen and oxygen atoms in total. The van der Waals surface area contributed by atoms with Gasteiger partial charge in [0.25, 0.3) is 11.8 Å². The first-order chi connectivity index (χ1) is 20.5. The Morgan fingerprint density at radius 2 is 1.64 bits per heavy atom. The van der Waals surface area contributed by atoms with Crippen LogP contribution in [0.5, 0.6) is 5.75 Å². The van der Waals surface area contributed by atoms with Gasteiger partial charge in [-0.05, 0) is 56.0 Å². The lowest BCUT2D eigenvalue weighted by molar-refractivity contribution is -0.136. The number of hydrogen-bond acceptors (Lipinski definition) is 3. The lowest BCUT2D eigenvalue weighted by atomic mass is 9.83. The molecule has 1 atom stereocenters. The summed E-state index contributed by atoms with van der Waals surface area (Å²) in [5.74, 6) is 0.469. The maximum atomic E-state index is 14.9. The van der Waals surface area contributed by atoms with Crippen molar-refractivity contribution in [3.63, 3.8) is 0 Å². The van der Waals surface area contributed by atoms with Gasteiger partial charge in [0, 0.05) is 22.5 Å². The minimum atomic E-state index is -1.25. The van der Waals surface area contributed by atoms with E-state index in [1.165, 1.54) is 19.3 Å². The fraction of sp³-hybridized carbons (Fsp3) is 0.389. The molecule has 2 amide bonds. The molecule has 2 heterocycles. The second kappa shape index (κ2) is 12.0. The maximum Gasteiger partial charge on any atom is 0.272 e. The van der Waals surface area contributed by atoms with Crippen molar-refractivity contribution in [2.45, 2.75) is 83.5 Å². The lowest BCUT2D eigenvalue weighted by Gasteiger charge is -2.47. The van der Waals surface area contributed by atoms with Gasteiger partial charge in [0.2, 0.25) is 0 Å². The van der Waals surface area contributed by atoms with Gasteiger partial charge >= 0.3 is 0 Å². The smallest absolute Gasteiger partial charge is 0.272 e. The van der Waals surface area contributed by atoms with Crippen molar-refractivity contribution in [3.05, 3.63) is 101 Å². The van der Waals surface area contributed by atoms with E-state index in [4.69, 9.17) is 4.74 Å². The van der Waals surface area contributed by atoms with Crippen molar-refractivity contribution in [1.29, 1.82) is 0 Å². The molecule has 218 valence electrons. The number of nitrogens with one attached hydrogen (secondary N) is 1. The molecule has 1 N–H and O–H groups in total. The van der Waals surface area contributed by atoms with Crippen LogP contribution in [0, 0.1) is 6.92 Å². The number of hydrogen-bond donors (Lipinski definition) is 1. The summed E-state index contributed by atoms with van der Waals surface area (Å²) in [7, 11) is 0. The van der Waals surface area contributed by atoms with Crippen LogP contribution in [-0.4, -0.2) is 33.9 Å². The van der Waals surface area contributed by atoms with Gasteiger partial charge in [-0.3, -0.25) is 9.59 Å². The molecule has 0 saturated heterocycles. The molecule has 0 unspecified atom stereocenters. The number of amides is 2. The van der Waals surface area contributed by atoms with Crippen molar-refractivity contribution in [2.75, 3.05) is 6.61 Å². The van der Waals surface area contributed by atoms with Crippen LogP contribution in [0.4, 0.5) is 0 Å². The minimum Gasteiger partial charge on any atom is -0.494 e. The molecule has 1 aliphatic carbocycles. The third-order valence-electron chi connectivity index (χ3n) is 9.04. The summed E-state index contributed by atoms with van der Waals surface area (Å²) in [4.78, 5) is 31.4. The standard InChI is InChI=1S/C36H41N3O3/c1-3-42-33-19-13-12-14-28(33)24-39-34(40)32-23-27-21-20-26(2)22-31(27)38(32)25-36(39,29-15-8-7-9-16-29)35(41)37-30-17-10-5-4-6-11-18-30/h7-9,12-16,19-23,30H,3-6,10-11,17-18,24-25H2,1-2H3,(H,37,41)/t36-/m0/s1. The highest BCUT2D eigenvalue weighted by atomic mass is 16.5. The number of benzene rings is 3. The van der Waals surface area contributed by atoms with Crippen LogP contribution in [0.2, 0.25) is 0 Å². The SMILES string of the molecule is CCOc1ccccc1CN1C(=O)c2cc3ccc(C)cc3n2C[C@@]1(C(=O)NC1CCCCCCC1)c1ccccc1. The fourth-order valence-corrected chi connectivity index (χ4v) is 6.84. The van der Waals surface area contributed by atoms with E-state index in [0.29, 0.717) is 18.8 Å². The molecule has 1 fully saturated rings. The molecular weight excluding hydrogens is 522 g/mol. The Balaban J connectivity index is 1.53. The first-order valence-electron chi connectivity index (χ1n) is 15.5. The third-order valence-corrected chi connectivity index (χ3v) is 9.04. The van der Waals surface area contributed by atoms with Gasteiger partial charge in [0.05, 0.1) is 19.7 Å². The van der Waals surface area contributed by atoms with Crippen LogP contribution in [0.25, 0.3) is 10.9 Å². The van der Waals surface area contributed by atoms with Crippen molar-refractivity contribution >= 4 is 22.7 Å². The topological polar surface area (TPSA) is 63.6 Å². The van der Waals surface area contributed by atoms with E-state index in [1.807, 2.05) is 67.6 Å². The zero-order valence-electron chi connectivity index (χ0n) is 24.8. The highest BCUT2D eigenvalue weighted by molar-refractivity contribution is 6.04. The highest BCUT2D eigenvalue weighted by Crippen LogP contribution is 2.41. The normalized spacial score (nSPS) is 19.7. The van der Waals surface area contributed by atoms with Crippen molar-refractivity contribution in [3.8, 4) is 5.75 Å². The van der Waals surface area contributed by atoms with E-state index in [2.05, 4.69) is 35.0 Å². The largest absolute Gasteiger partial charge is 0.494 e. The van der Waals surface area contributed by atoms with Gasteiger partial charge in [-0.25, -0.2) is 0 Å². The average Bonchev–Trinajstić information content (AvgIpc) is 3.34. The van der Waals surface area contributed by atoms with Gasteiger partial charge < -0.3 is 19.5 Å². The van der Waals surface area contributed by atoms with Crippen molar-refractivity contribution in [1.82, 2.24) is 14.8 Å². The molecule has 1 aliphatic heterocycles. The maximum absolute atomic E-state index is 14.9. The number of carbonyl (C=O) groups excluding carboxylic acids is 2. The first kappa shape index (κ1) is 28.1. The zero-order chi connectivity index (χ0) is 29.1. The second-order valence-corrected chi connectivity index (χ2v) is 11.9. The van der Waals surface area contributed by atoms with Gasteiger partial charge in [0.1, 0.15) is 11.4 Å². The molecule has 1 saturated carbocycles. The van der Waals surface area contributed by atoms with E-state index >= 15 is 0 Å². The zero-order valence-corrected chi connectivity index (χ0v) is 24.8. The summed E-state index contributed by atoms with van der Waals surface area (Å²) in [5, 5.41) is 4.48. The van der Waals surface area contributed by atoms with E-state index in [-0.39, 0.29) is 24.4 Å². The summed E-state index contributed by atoms with van der Waals surface area (Å²) >= 11 is 0. The molecule has 42 heavy (non-hydrogen) atoms. The van der Waals surface area contributed by atoms with E-state index in [1.54, 1.807) is 4.90 Å². The molecule has 6 rings (SSSR count). The number of aromatic nitrogens is 1. The summed E-state index contributed by atoms with van der Waals surface area (Å²) in [6.07, 6.45) is 7.82. The average molecular weight is 564 g/mol. The van der Waals surface area contributed by atoms with E-state index in [0.717, 1.165) is 59.0 Å². The van der Waals surface area contributed by atoms with E-state index < -0.39 is 5.54 Å². The van der Waals surface area contributed by atoms with Gasteiger partial charge in [-0.1, -0.05) is 92.8 Å². The van der Waals surface area contributed by atoms with Gasteiger partial charge in [-0.2, -0.15) is 0 Å². The number of rotatable bonds is 7. The molecule has 3 aromatic carbocycles. The Hall–Kier alpha value is -4.06. The van der Waals surface area contributed by atoms with Crippen LogP contribution in [0.15, 0.2) is 78.9 Å². The molecule has 2 aliphatic rings. The second-order valence-electron chi connectivity index (χ2n) is 11.9. The summed E-state index contributed by atoms with van der Waals surface area (Å²) in [5.41, 5.74) is 3.15. The van der Waals surface area contributed by atoms with Gasteiger partial charge in [-0.15, -0.1) is 0 Å². The van der Waals surface area contributed by atoms with Crippen LogP contribution in [0.1, 0.15) is 79.0 Å². The Kier molecular flexibility index (Phi) is 8.05. The molecular formula is C36H41N3O3. The molecule has 1 aromatic heterocycles. The molecule has 0 radical (unpaired) electrons. The number of fused-ring (bicyclic) bond motifs is 3. The minimum absolute atomic E-state index is 0.0936. The first-order valence-corrected chi connectivity index (χ1v) is 15.5. The third kappa shape index (κ3) is 5.19. The van der Waals surface area contributed by atoms with Gasteiger partial charge in [0.15, 0.2) is 5.54 Å². The Labute approximate surface area is 248 Å². The fourth-order valence-electron chi connectivity index (χ4n) is 6.84. The molecule has 0 spiro atoms. The number of nitrogens with zero attached hydrogens (tertiary/aromatic N) is 2.